The zero-order chi connectivity index (χ0) is 12.8. The molecule has 17 heavy (non-hydrogen) atoms. The summed E-state index contributed by atoms with van der Waals surface area (Å²) in [5.41, 5.74) is 0. The highest BCUT2D eigenvalue weighted by molar-refractivity contribution is 6.30. The monoisotopic (exact) mass is 258 g/mol. The van der Waals surface area contributed by atoms with Crippen LogP contribution in [-0.4, -0.2) is 18.1 Å². The highest BCUT2D eigenvalue weighted by Crippen LogP contribution is 2.21. The van der Waals surface area contributed by atoms with Gasteiger partial charge in [-0.15, -0.1) is 0 Å². The largest absolute Gasteiger partial charge is 0.354 e. The predicted molar refractivity (Wildman–Crippen MR) is 71.2 cm³/mol. The highest BCUT2D eigenvalue weighted by atomic mass is 35.5. The smallest absolute Gasteiger partial charge is 0.167 e. The first-order chi connectivity index (χ1) is 8.12. The quantitative estimate of drug-likeness (QED) is 0.763. The molecule has 0 aliphatic rings. The topological polar surface area (TPSA) is 16.1 Å². The fourth-order valence-electron chi connectivity index (χ4n) is 1.86. The molecule has 1 rings (SSSR count). The average molecular weight is 259 g/mol. The normalized spacial score (nSPS) is 10.9. The Kier molecular flexibility index (Phi) is 5.69. The van der Waals surface area contributed by atoms with Gasteiger partial charge in [-0.2, -0.15) is 0 Å². The number of aromatic nitrogens is 1. The number of nitrogens with zero attached hydrogens (tertiary/aromatic N) is 2. The molecular formula is C13H20ClFN2. The van der Waals surface area contributed by atoms with Crippen LogP contribution in [0.25, 0.3) is 0 Å². The van der Waals surface area contributed by atoms with Crippen molar-refractivity contribution in [2.75, 3.05) is 18.0 Å². The van der Waals surface area contributed by atoms with Crippen LogP contribution < -0.4 is 4.90 Å². The minimum atomic E-state index is -0.342. The maximum Gasteiger partial charge on any atom is 0.167 e. The van der Waals surface area contributed by atoms with E-state index >= 15 is 0 Å². The molecule has 2 nitrogen and oxygen atoms in total. The molecule has 0 spiro atoms. The number of anilines is 1. The van der Waals surface area contributed by atoms with Crippen molar-refractivity contribution in [1.29, 1.82) is 0 Å². The molecule has 0 fully saturated rings. The molecular weight excluding hydrogens is 239 g/mol. The molecule has 0 aliphatic carbocycles. The Bertz CT molecular complexity index is 353. The van der Waals surface area contributed by atoms with Gasteiger partial charge in [0.25, 0.3) is 0 Å². The van der Waals surface area contributed by atoms with Crippen molar-refractivity contribution < 1.29 is 4.39 Å². The van der Waals surface area contributed by atoms with Gasteiger partial charge in [-0.1, -0.05) is 38.3 Å². The van der Waals surface area contributed by atoms with Crippen LogP contribution in [0.2, 0.25) is 5.02 Å². The maximum absolute atomic E-state index is 13.8. The summed E-state index contributed by atoms with van der Waals surface area (Å²) >= 11 is 5.70. The summed E-state index contributed by atoms with van der Waals surface area (Å²) < 4.78 is 13.8. The van der Waals surface area contributed by atoms with E-state index in [0.717, 1.165) is 25.9 Å². The molecule has 0 aromatic carbocycles. The van der Waals surface area contributed by atoms with E-state index in [1.807, 2.05) is 11.8 Å². The van der Waals surface area contributed by atoms with Crippen LogP contribution in [0.4, 0.5) is 10.2 Å². The zero-order valence-corrected chi connectivity index (χ0v) is 11.5. The van der Waals surface area contributed by atoms with Gasteiger partial charge < -0.3 is 4.90 Å². The fraction of sp³-hybridized carbons (Fsp3) is 0.615. The van der Waals surface area contributed by atoms with E-state index in [4.69, 9.17) is 11.6 Å². The van der Waals surface area contributed by atoms with Gasteiger partial charge in [-0.3, -0.25) is 0 Å². The van der Waals surface area contributed by atoms with Gasteiger partial charge in [0.05, 0.1) is 5.02 Å². The molecule has 0 saturated carbocycles. The number of halogens is 2. The summed E-state index contributed by atoms with van der Waals surface area (Å²) in [5, 5.41) is 0.338. The van der Waals surface area contributed by atoms with Crippen molar-refractivity contribution in [1.82, 2.24) is 4.98 Å². The molecule has 0 N–H and O–H groups in total. The average Bonchev–Trinajstić information content (AvgIpc) is 2.32. The minimum absolute atomic E-state index is 0.338. The lowest BCUT2D eigenvalue weighted by Crippen LogP contribution is -2.30. The summed E-state index contributed by atoms with van der Waals surface area (Å²) in [6.45, 7) is 7.93. The lowest BCUT2D eigenvalue weighted by molar-refractivity contribution is 0.479. The van der Waals surface area contributed by atoms with Crippen LogP contribution in [-0.2, 0) is 0 Å². The number of hydrogen-bond donors (Lipinski definition) is 0. The van der Waals surface area contributed by atoms with Gasteiger partial charge >= 0.3 is 0 Å². The van der Waals surface area contributed by atoms with Gasteiger partial charge in [0, 0.05) is 19.3 Å². The SMILES string of the molecule is CCC(CC)CN(CC)c1ncc(Cl)cc1F. The first-order valence-electron chi connectivity index (χ1n) is 6.18. The molecule has 0 atom stereocenters. The van der Waals surface area contributed by atoms with E-state index in [1.165, 1.54) is 12.3 Å². The molecule has 1 aromatic rings. The lowest BCUT2D eigenvalue weighted by Gasteiger charge is -2.26. The van der Waals surface area contributed by atoms with Gasteiger partial charge in [-0.25, -0.2) is 9.37 Å². The molecule has 4 heteroatoms. The van der Waals surface area contributed by atoms with Gasteiger partial charge in [0.1, 0.15) is 0 Å². The van der Waals surface area contributed by atoms with Crippen molar-refractivity contribution >= 4 is 17.4 Å². The van der Waals surface area contributed by atoms with Crippen LogP contribution in [0.1, 0.15) is 33.6 Å². The van der Waals surface area contributed by atoms with E-state index in [9.17, 15) is 4.39 Å². The molecule has 0 bridgehead atoms. The molecule has 1 aromatic heterocycles. The van der Waals surface area contributed by atoms with E-state index in [2.05, 4.69) is 18.8 Å². The number of rotatable bonds is 6. The Morgan fingerprint density at radius 3 is 2.47 bits per heavy atom. The zero-order valence-electron chi connectivity index (χ0n) is 10.7. The second kappa shape index (κ2) is 6.80. The van der Waals surface area contributed by atoms with Crippen molar-refractivity contribution in [3.63, 3.8) is 0 Å². The molecule has 0 radical (unpaired) electrons. The van der Waals surface area contributed by atoms with Gasteiger partial charge in [-0.05, 0) is 18.9 Å². The summed E-state index contributed by atoms with van der Waals surface area (Å²) in [7, 11) is 0. The second-order valence-corrected chi connectivity index (χ2v) is 4.62. The van der Waals surface area contributed by atoms with Crippen LogP contribution >= 0.6 is 11.6 Å². The number of hydrogen-bond acceptors (Lipinski definition) is 2. The van der Waals surface area contributed by atoms with Crippen molar-refractivity contribution in [3.05, 3.63) is 23.1 Å². The van der Waals surface area contributed by atoms with Crippen molar-refractivity contribution in [2.45, 2.75) is 33.6 Å². The third-order valence-corrected chi connectivity index (χ3v) is 3.31. The maximum atomic E-state index is 13.8. The molecule has 0 saturated heterocycles. The lowest BCUT2D eigenvalue weighted by atomic mass is 10.0. The summed E-state index contributed by atoms with van der Waals surface area (Å²) in [4.78, 5) is 6.07. The predicted octanol–water partition coefficient (Wildman–Crippen LogP) is 4.14. The van der Waals surface area contributed by atoms with E-state index < -0.39 is 0 Å². The molecule has 96 valence electrons. The summed E-state index contributed by atoms with van der Waals surface area (Å²) in [6, 6.07) is 1.32. The molecule has 0 amide bonds. The summed E-state index contributed by atoms with van der Waals surface area (Å²) in [5.74, 6) is 0.640. The van der Waals surface area contributed by atoms with Crippen LogP contribution in [0, 0.1) is 11.7 Å². The number of pyridine rings is 1. The molecule has 1 heterocycles. The first kappa shape index (κ1) is 14.2. The van der Waals surface area contributed by atoms with E-state index in [-0.39, 0.29) is 5.82 Å². The van der Waals surface area contributed by atoms with Crippen molar-refractivity contribution in [2.24, 2.45) is 5.92 Å². The highest BCUT2D eigenvalue weighted by Gasteiger charge is 2.15. The van der Waals surface area contributed by atoms with E-state index in [1.54, 1.807) is 0 Å². The van der Waals surface area contributed by atoms with Crippen LogP contribution in [0.15, 0.2) is 12.3 Å². The molecule has 0 unspecified atom stereocenters. The third kappa shape index (κ3) is 3.84. The Balaban J connectivity index is 2.85. The first-order valence-corrected chi connectivity index (χ1v) is 6.56. The minimum Gasteiger partial charge on any atom is -0.354 e. The Morgan fingerprint density at radius 1 is 1.35 bits per heavy atom. The van der Waals surface area contributed by atoms with Gasteiger partial charge in [0.2, 0.25) is 0 Å². The standard InChI is InChI=1S/C13H20ClFN2/c1-4-10(5-2)9-17(6-3)13-12(15)7-11(14)8-16-13/h7-8,10H,4-6,9H2,1-3H3. The Hall–Kier alpha value is -0.830. The van der Waals surface area contributed by atoms with E-state index in [0.29, 0.717) is 16.8 Å². The Morgan fingerprint density at radius 2 is 2.00 bits per heavy atom. The molecule has 0 aliphatic heterocycles. The van der Waals surface area contributed by atoms with Crippen LogP contribution in [0.3, 0.4) is 0 Å². The van der Waals surface area contributed by atoms with Crippen LogP contribution in [0.5, 0.6) is 0 Å². The fourth-order valence-corrected chi connectivity index (χ4v) is 2.01. The summed E-state index contributed by atoms with van der Waals surface area (Å²) in [6.07, 6.45) is 3.69. The Labute approximate surface area is 108 Å². The second-order valence-electron chi connectivity index (χ2n) is 4.18. The van der Waals surface area contributed by atoms with Crippen molar-refractivity contribution in [3.8, 4) is 0 Å². The third-order valence-electron chi connectivity index (χ3n) is 3.10. The van der Waals surface area contributed by atoms with Gasteiger partial charge in [0.15, 0.2) is 11.6 Å².